The Morgan fingerprint density at radius 3 is 2.52 bits per heavy atom. The number of hydrogen-bond acceptors (Lipinski definition) is 5. The van der Waals surface area contributed by atoms with E-state index in [1.165, 1.54) is 25.3 Å². The molecule has 0 saturated heterocycles. The van der Waals surface area contributed by atoms with E-state index >= 15 is 0 Å². The summed E-state index contributed by atoms with van der Waals surface area (Å²) >= 11 is 3.08. The lowest BCUT2D eigenvalue weighted by atomic mass is 9.81. The second kappa shape index (κ2) is 7.08. The first-order valence-corrected chi connectivity index (χ1v) is 8.04. The van der Waals surface area contributed by atoms with Gasteiger partial charge in [0.15, 0.2) is 0 Å². The van der Waals surface area contributed by atoms with Crippen LogP contribution < -0.4 is 5.32 Å². The van der Waals surface area contributed by atoms with E-state index in [0.29, 0.717) is 17.3 Å². The molecule has 1 fully saturated rings. The summed E-state index contributed by atoms with van der Waals surface area (Å²) < 4.78 is 5.13. The summed E-state index contributed by atoms with van der Waals surface area (Å²) in [6.07, 6.45) is 3.64. The predicted molar refractivity (Wildman–Crippen MR) is 86.1 cm³/mol. The lowest BCUT2D eigenvalue weighted by molar-refractivity contribution is -0.385. The van der Waals surface area contributed by atoms with Crippen LogP contribution in [-0.2, 0) is 9.53 Å². The molecule has 124 valence electrons. The number of methoxy groups -OCH3 is 1. The van der Waals surface area contributed by atoms with E-state index < -0.39 is 22.3 Å². The summed E-state index contributed by atoms with van der Waals surface area (Å²) in [7, 11) is 1.29. The number of nitrogens with one attached hydrogen (secondary N) is 1. The van der Waals surface area contributed by atoms with Gasteiger partial charge in [0, 0.05) is 11.6 Å². The van der Waals surface area contributed by atoms with E-state index in [2.05, 4.69) is 21.2 Å². The van der Waals surface area contributed by atoms with E-state index in [1.54, 1.807) is 0 Å². The van der Waals surface area contributed by atoms with Crippen LogP contribution in [0.1, 0.15) is 42.5 Å². The zero-order chi connectivity index (χ0) is 17.0. The average Bonchev–Trinajstić information content (AvgIpc) is 2.54. The van der Waals surface area contributed by atoms with Gasteiger partial charge in [-0.2, -0.15) is 0 Å². The van der Waals surface area contributed by atoms with Gasteiger partial charge in [0.25, 0.3) is 11.6 Å². The number of ether oxygens (including phenoxy) is 1. The SMILES string of the molecule is COC(=O)C1(NC(=O)c2ccc(Br)c([N+](=O)[O-])c2)CCCCC1. The topological polar surface area (TPSA) is 98.5 Å². The van der Waals surface area contributed by atoms with Crippen molar-refractivity contribution in [3.63, 3.8) is 0 Å². The lowest BCUT2D eigenvalue weighted by Crippen LogP contribution is -2.56. The minimum Gasteiger partial charge on any atom is -0.467 e. The Balaban J connectivity index is 2.27. The van der Waals surface area contributed by atoms with E-state index in [1.807, 2.05) is 0 Å². The summed E-state index contributed by atoms with van der Waals surface area (Å²) in [6.45, 7) is 0. The number of nitrogens with zero attached hydrogens (tertiary/aromatic N) is 1. The molecule has 0 spiro atoms. The van der Waals surface area contributed by atoms with E-state index in [9.17, 15) is 19.7 Å². The minimum absolute atomic E-state index is 0.133. The van der Waals surface area contributed by atoms with Gasteiger partial charge in [-0.3, -0.25) is 14.9 Å². The van der Waals surface area contributed by atoms with Gasteiger partial charge in [0.05, 0.1) is 16.5 Å². The summed E-state index contributed by atoms with van der Waals surface area (Å²) in [6, 6.07) is 4.10. The average molecular weight is 385 g/mol. The Kier molecular flexibility index (Phi) is 5.35. The van der Waals surface area contributed by atoms with Crippen molar-refractivity contribution in [3.05, 3.63) is 38.3 Å². The molecule has 0 bridgehead atoms. The number of nitro groups is 1. The van der Waals surface area contributed by atoms with Crippen molar-refractivity contribution in [3.8, 4) is 0 Å². The highest BCUT2D eigenvalue weighted by Crippen LogP contribution is 2.30. The Bertz CT molecular complexity index is 641. The van der Waals surface area contributed by atoms with Crippen LogP contribution in [0.2, 0.25) is 0 Å². The van der Waals surface area contributed by atoms with Crippen molar-refractivity contribution in [1.82, 2.24) is 5.32 Å². The van der Waals surface area contributed by atoms with Crippen molar-refractivity contribution in [2.45, 2.75) is 37.6 Å². The number of esters is 1. The molecule has 1 aromatic carbocycles. The third-order valence-electron chi connectivity index (χ3n) is 4.04. The fraction of sp³-hybridized carbons (Fsp3) is 0.467. The molecule has 0 radical (unpaired) electrons. The van der Waals surface area contributed by atoms with Crippen molar-refractivity contribution < 1.29 is 19.2 Å². The zero-order valence-electron chi connectivity index (χ0n) is 12.6. The van der Waals surface area contributed by atoms with E-state index in [0.717, 1.165) is 19.3 Å². The molecule has 1 aliphatic carbocycles. The largest absolute Gasteiger partial charge is 0.467 e. The molecular weight excluding hydrogens is 368 g/mol. The van der Waals surface area contributed by atoms with Crippen LogP contribution in [0, 0.1) is 10.1 Å². The van der Waals surface area contributed by atoms with E-state index in [4.69, 9.17) is 4.74 Å². The summed E-state index contributed by atoms with van der Waals surface area (Å²) in [5.74, 6) is -0.995. The maximum atomic E-state index is 12.5. The van der Waals surface area contributed by atoms with Crippen LogP contribution in [0.5, 0.6) is 0 Å². The van der Waals surface area contributed by atoms with Crippen molar-refractivity contribution >= 4 is 33.5 Å². The molecule has 23 heavy (non-hydrogen) atoms. The maximum absolute atomic E-state index is 12.5. The standard InChI is InChI=1S/C15H17BrN2O5/c1-23-14(20)15(7-3-2-4-8-15)17-13(19)10-5-6-11(16)12(9-10)18(21)22/h5-6,9H,2-4,7-8H2,1H3,(H,17,19). The summed E-state index contributed by atoms with van der Waals surface area (Å²) in [5, 5.41) is 13.7. The number of carbonyl (C=O) groups excluding carboxylic acids is 2. The van der Waals surface area contributed by atoms with Crippen LogP contribution in [0.4, 0.5) is 5.69 Å². The molecule has 7 nitrogen and oxygen atoms in total. The van der Waals surface area contributed by atoms with Gasteiger partial charge in [-0.1, -0.05) is 19.3 Å². The number of rotatable bonds is 4. The molecule has 1 amide bonds. The van der Waals surface area contributed by atoms with Crippen molar-refractivity contribution in [2.75, 3.05) is 7.11 Å². The number of nitro benzene ring substituents is 1. The molecule has 2 rings (SSSR count). The second-order valence-corrected chi connectivity index (χ2v) is 6.37. The van der Waals surface area contributed by atoms with Crippen LogP contribution in [0.3, 0.4) is 0 Å². The molecule has 0 atom stereocenters. The molecule has 1 saturated carbocycles. The second-order valence-electron chi connectivity index (χ2n) is 5.51. The van der Waals surface area contributed by atoms with Crippen LogP contribution in [0.25, 0.3) is 0 Å². The third kappa shape index (κ3) is 3.69. The molecular formula is C15H17BrN2O5. The minimum atomic E-state index is -1.05. The monoisotopic (exact) mass is 384 g/mol. The van der Waals surface area contributed by atoms with E-state index in [-0.39, 0.29) is 11.3 Å². The highest BCUT2D eigenvalue weighted by molar-refractivity contribution is 9.10. The van der Waals surface area contributed by atoms with Gasteiger partial charge in [0.1, 0.15) is 5.54 Å². The molecule has 0 heterocycles. The predicted octanol–water partition coefficient (Wildman–Crippen LogP) is 2.96. The van der Waals surface area contributed by atoms with Gasteiger partial charge < -0.3 is 10.1 Å². The Hall–Kier alpha value is -1.96. The van der Waals surface area contributed by atoms with Crippen LogP contribution in [0.15, 0.2) is 22.7 Å². The van der Waals surface area contributed by atoms with Gasteiger partial charge in [-0.15, -0.1) is 0 Å². The van der Waals surface area contributed by atoms with Crippen LogP contribution in [-0.4, -0.2) is 29.4 Å². The van der Waals surface area contributed by atoms with Gasteiger partial charge >= 0.3 is 5.97 Å². The molecule has 1 N–H and O–H groups in total. The highest BCUT2D eigenvalue weighted by Gasteiger charge is 2.42. The zero-order valence-corrected chi connectivity index (χ0v) is 14.2. The molecule has 8 heteroatoms. The smallest absolute Gasteiger partial charge is 0.331 e. The number of hydrogen-bond donors (Lipinski definition) is 1. The number of benzene rings is 1. The van der Waals surface area contributed by atoms with Gasteiger partial charge in [-0.25, -0.2) is 4.79 Å². The Morgan fingerprint density at radius 2 is 1.96 bits per heavy atom. The number of amides is 1. The van der Waals surface area contributed by atoms with Crippen molar-refractivity contribution in [1.29, 1.82) is 0 Å². The van der Waals surface area contributed by atoms with Gasteiger partial charge in [0.2, 0.25) is 0 Å². The summed E-state index contributed by atoms with van der Waals surface area (Å²) in [4.78, 5) is 35.0. The normalized spacial score (nSPS) is 16.4. The molecule has 0 aromatic heterocycles. The van der Waals surface area contributed by atoms with Gasteiger partial charge in [-0.05, 0) is 40.9 Å². The first-order valence-electron chi connectivity index (χ1n) is 7.24. The summed E-state index contributed by atoms with van der Waals surface area (Å²) in [5.41, 5.74) is -1.12. The highest BCUT2D eigenvalue weighted by atomic mass is 79.9. The Labute approximate surface area is 141 Å². The first kappa shape index (κ1) is 17.4. The maximum Gasteiger partial charge on any atom is 0.331 e. The molecule has 0 aliphatic heterocycles. The first-order chi connectivity index (χ1) is 10.9. The fourth-order valence-electron chi connectivity index (χ4n) is 2.81. The lowest BCUT2D eigenvalue weighted by Gasteiger charge is -2.35. The third-order valence-corrected chi connectivity index (χ3v) is 4.71. The fourth-order valence-corrected chi connectivity index (χ4v) is 3.21. The van der Waals surface area contributed by atoms with Crippen LogP contribution >= 0.6 is 15.9 Å². The number of halogens is 1. The number of carbonyl (C=O) groups is 2. The van der Waals surface area contributed by atoms with Crippen molar-refractivity contribution in [2.24, 2.45) is 0 Å². The molecule has 1 aromatic rings. The quantitative estimate of drug-likeness (QED) is 0.488. The molecule has 1 aliphatic rings. The molecule has 0 unspecified atom stereocenters. The Morgan fingerprint density at radius 1 is 1.30 bits per heavy atom.